The molecule has 33 heavy (non-hydrogen) atoms. The highest BCUT2D eigenvalue weighted by atomic mass is 19.1. The minimum atomic E-state index is -0.481. The van der Waals surface area contributed by atoms with E-state index in [2.05, 4.69) is 15.1 Å². The number of rotatable bonds is 5. The Bertz CT molecular complexity index is 1320. The molecular formula is C25H23F2N5O. The van der Waals surface area contributed by atoms with Crippen LogP contribution < -0.4 is 4.90 Å². The third-order valence-corrected chi connectivity index (χ3v) is 6.15. The maximum Gasteiger partial charge on any atom is 0.154 e. The molecule has 0 saturated heterocycles. The zero-order chi connectivity index (χ0) is 22.9. The Labute approximate surface area is 189 Å². The zero-order valence-electron chi connectivity index (χ0n) is 18.2. The maximum absolute atomic E-state index is 14.1. The topological polar surface area (TPSA) is 63.4 Å². The van der Waals surface area contributed by atoms with Crippen molar-refractivity contribution in [1.82, 2.24) is 19.6 Å². The molecule has 3 aromatic heterocycles. The van der Waals surface area contributed by atoms with Gasteiger partial charge < -0.3 is 4.90 Å². The van der Waals surface area contributed by atoms with Gasteiger partial charge >= 0.3 is 0 Å². The molecule has 8 heteroatoms. The fraction of sp³-hybridized carbons (Fsp3) is 0.280. The van der Waals surface area contributed by atoms with Crippen molar-refractivity contribution in [2.45, 2.75) is 38.1 Å². The van der Waals surface area contributed by atoms with Gasteiger partial charge in [-0.15, -0.1) is 5.10 Å². The van der Waals surface area contributed by atoms with Gasteiger partial charge in [0, 0.05) is 37.3 Å². The Morgan fingerprint density at radius 3 is 2.73 bits per heavy atom. The van der Waals surface area contributed by atoms with E-state index in [-0.39, 0.29) is 23.8 Å². The van der Waals surface area contributed by atoms with E-state index in [0.29, 0.717) is 17.9 Å². The first-order valence-electron chi connectivity index (χ1n) is 11.0. The van der Waals surface area contributed by atoms with Crippen molar-refractivity contribution in [1.29, 1.82) is 0 Å². The second kappa shape index (κ2) is 8.69. The average Bonchev–Trinajstić information content (AvgIpc) is 3.25. The lowest BCUT2D eigenvalue weighted by molar-refractivity contribution is -0.121. The molecule has 5 rings (SSSR count). The smallest absolute Gasteiger partial charge is 0.154 e. The Balaban J connectivity index is 1.42. The number of ketones is 1. The van der Waals surface area contributed by atoms with E-state index < -0.39 is 11.6 Å². The summed E-state index contributed by atoms with van der Waals surface area (Å²) in [6.07, 6.45) is 6.96. The molecule has 1 aliphatic rings. The first-order chi connectivity index (χ1) is 16.0. The lowest BCUT2D eigenvalue weighted by atomic mass is 9.85. The summed E-state index contributed by atoms with van der Waals surface area (Å²) >= 11 is 0. The van der Waals surface area contributed by atoms with Crippen LogP contribution in [-0.2, 0) is 11.3 Å². The number of pyridine rings is 1. The van der Waals surface area contributed by atoms with Gasteiger partial charge in [0.25, 0.3) is 0 Å². The third kappa shape index (κ3) is 4.20. The summed E-state index contributed by atoms with van der Waals surface area (Å²) in [7, 11) is 1.77. The molecule has 1 unspecified atom stereocenters. The number of carbonyl (C=O) groups is 1. The van der Waals surface area contributed by atoms with Crippen LogP contribution in [0.3, 0.4) is 0 Å². The second-order valence-corrected chi connectivity index (χ2v) is 8.43. The lowest BCUT2D eigenvalue weighted by Crippen LogP contribution is -2.19. The van der Waals surface area contributed by atoms with Gasteiger partial charge in [-0.1, -0.05) is 6.42 Å². The first kappa shape index (κ1) is 21.2. The molecule has 0 aliphatic heterocycles. The van der Waals surface area contributed by atoms with Crippen LogP contribution in [0.5, 0.6) is 0 Å². The summed E-state index contributed by atoms with van der Waals surface area (Å²) < 4.78 is 29.3. The molecule has 6 nitrogen and oxygen atoms in total. The number of nitrogens with zero attached hydrogens (tertiary/aromatic N) is 5. The molecule has 4 aromatic rings. The predicted octanol–water partition coefficient (Wildman–Crippen LogP) is 4.93. The molecule has 0 radical (unpaired) electrons. The van der Waals surface area contributed by atoms with E-state index >= 15 is 0 Å². The molecule has 1 fully saturated rings. The van der Waals surface area contributed by atoms with Gasteiger partial charge in [0.1, 0.15) is 23.2 Å². The molecule has 1 aromatic carbocycles. The molecule has 1 aliphatic carbocycles. The van der Waals surface area contributed by atoms with Gasteiger partial charge in [0.15, 0.2) is 5.65 Å². The Morgan fingerprint density at radius 1 is 1.06 bits per heavy atom. The van der Waals surface area contributed by atoms with Crippen LogP contribution in [0.4, 0.5) is 14.6 Å². The van der Waals surface area contributed by atoms with Crippen LogP contribution in [0.15, 0.2) is 54.9 Å². The van der Waals surface area contributed by atoms with Gasteiger partial charge in [0.2, 0.25) is 0 Å². The minimum Gasteiger partial charge on any atom is -0.354 e. The number of halogens is 2. The number of Topliss-reactive ketones (excluding diaryl/α,β-unsaturated/α-hetero) is 1. The summed E-state index contributed by atoms with van der Waals surface area (Å²) in [5.41, 5.74) is 3.31. The number of hydrogen-bond acceptors (Lipinski definition) is 5. The van der Waals surface area contributed by atoms with Crippen molar-refractivity contribution in [2.24, 2.45) is 0 Å². The van der Waals surface area contributed by atoms with Crippen LogP contribution >= 0.6 is 0 Å². The summed E-state index contributed by atoms with van der Waals surface area (Å²) in [5.74, 6) is -0.207. The Morgan fingerprint density at radius 2 is 1.94 bits per heavy atom. The van der Waals surface area contributed by atoms with Crippen LogP contribution in [0.25, 0.3) is 16.9 Å². The second-order valence-electron chi connectivity index (χ2n) is 8.43. The van der Waals surface area contributed by atoms with Gasteiger partial charge in [-0.25, -0.2) is 18.3 Å². The summed E-state index contributed by atoms with van der Waals surface area (Å²) in [6.45, 7) is 0.164. The van der Waals surface area contributed by atoms with Crippen molar-refractivity contribution in [3.05, 3.63) is 77.8 Å². The molecule has 0 bridgehead atoms. The molecule has 168 valence electrons. The van der Waals surface area contributed by atoms with Gasteiger partial charge in [0.05, 0.1) is 23.5 Å². The number of fused-ring (bicyclic) bond motifs is 1. The first-order valence-corrected chi connectivity index (χ1v) is 11.0. The maximum atomic E-state index is 14.1. The Kier molecular flexibility index (Phi) is 5.58. The standard InChI is InChI=1S/C25H23F2N5O/c1-31(15-17-12-18(26)7-8-20(17)27)25-11-10-24-29-14-22(32(24)30-25)16-6-9-21(28-13-16)19-4-2-3-5-23(19)33/h6-14,19H,2-5,15H2,1H3. The highest BCUT2D eigenvalue weighted by Gasteiger charge is 2.25. The molecular weight excluding hydrogens is 424 g/mol. The number of hydrogen-bond donors (Lipinski definition) is 0. The SMILES string of the molecule is CN(Cc1cc(F)ccc1F)c1ccc2ncc(-c3ccc(C4CCCCC4=O)nc3)n2n1. The van der Waals surface area contributed by atoms with E-state index in [1.54, 1.807) is 34.9 Å². The van der Waals surface area contributed by atoms with Crippen molar-refractivity contribution in [2.75, 3.05) is 11.9 Å². The van der Waals surface area contributed by atoms with Crippen LogP contribution in [0.2, 0.25) is 0 Å². The third-order valence-electron chi connectivity index (χ3n) is 6.15. The van der Waals surface area contributed by atoms with E-state index in [1.807, 2.05) is 18.2 Å². The summed E-state index contributed by atoms with van der Waals surface area (Å²) in [5, 5.41) is 4.67. The van der Waals surface area contributed by atoms with Gasteiger partial charge in [-0.3, -0.25) is 9.78 Å². The molecule has 0 N–H and O–H groups in total. The zero-order valence-corrected chi connectivity index (χ0v) is 18.2. The summed E-state index contributed by atoms with van der Waals surface area (Å²) in [4.78, 5) is 23.0. The van der Waals surface area contributed by atoms with Crippen LogP contribution in [0.1, 0.15) is 42.9 Å². The summed E-state index contributed by atoms with van der Waals surface area (Å²) in [6, 6.07) is 10.9. The lowest BCUT2D eigenvalue weighted by Gasteiger charge is -2.20. The monoisotopic (exact) mass is 447 g/mol. The quantitative estimate of drug-likeness (QED) is 0.434. The van der Waals surface area contributed by atoms with E-state index in [0.717, 1.165) is 48.3 Å². The highest BCUT2D eigenvalue weighted by Crippen LogP contribution is 2.30. The fourth-order valence-corrected chi connectivity index (χ4v) is 4.32. The van der Waals surface area contributed by atoms with Gasteiger partial charge in [-0.05, 0) is 55.3 Å². The number of benzene rings is 1. The Hall–Kier alpha value is -3.68. The largest absolute Gasteiger partial charge is 0.354 e. The normalized spacial score (nSPS) is 16.3. The molecule has 0 spiro atoms. The van der Waals surface area contributed by atoms with Crippen molar-refractivity contribution >= 4 is 17.2 Å². The van der Waals surface area contributed by atoms with Crippen molar-refractivity contribution in [3.63, 3.8) is 0 Å². The number of anilines is 1. The van der Waals surface area contributed by atoms with Crippen LogP contribution in [-0.4, -0.2) is 32.4 Å². The molecule has 0 amide bonds. The van der Waals surface area contributed by atoms with Crippen molar-refractivity contribution < 1.29 is 13.6 Å². The van der Waals surface area contributed by atoms with Crippen molar-refractivity contribution in [3.8, 4) is 11.3 Å². The van der Waals surface area contributed by atoms with Crippen LogP contribution in [0, 0.1) is 11.6 Å². The van der Waals surface area contributed by atoms with E-state index in [4.69, 9.17) is 0 Å². The fourth-order valence-electron chi connectivity index (χ4n) is 4.32. The predicted molar refractivity (Wildman–Crippen MR) is 121 cm³/mol. The molecule has 1 atom stereocenters. The number of imidazole rings is 1. The number of carbonyl (C=O) groups excluding carboxylic acids is 1. The number of aromatic nitrogens is 4. The van der Waals surface area contributed by atoms with E-state index in [9.17, 15) is 13.6 Å². The molecule has 1 saturated carbocycles. The minimum absolute atomic E-state index is 0.114. The highest BCUT2D eigenvalue weighted by molar-refractivity contribution is 5.86. The van der Waals surface area contributed by atoms with Gasteiger partial charge in [-0.2, -0.15) is 0 Å². The van der Waals surface area contributed by atoms with E-state index in [1.165, 1.54) is 6.07 Å². The average molecular weight is 447 g/mol. The molecule has 3 heterocycles.